The molecule has 3 N–H and O–H groups in total. The monoisotopic (exact) mass is 150 g/mol. The molecule has 0 atom stereocenters. The third-order valence-corrected chi connectivity index (χ3v) is 1.50. The Labute approximate surface area is 61.6 Å². The van der Waals surface area contributed by atoms with E-state index in [0.29, 0.717) is 16.7 Å². The molecule has 1 aromatic heterocycles. The Balaban J connectivity index is 2.99. The molecule has 0 aliphatic heterocycles. The van der Waals surface area contributed by atoms with Crippen molar-refractivity contribution in [2.45, 2.75) is 0 Å². The van der Waals surface area contributed by atoms with Gasteiger partial charge in [-0.2, -0.15) is 5.16 Å². The molecule has 0 aliphatic carbocycles. The summed E-state index contributed by atoms with van der Waals surface area (Å²) in [6.07, 6.45) is 0. The number of rotatable bonds is 0. The van der Waals surface area contributed by atoms with E-state index in [2.05, 4.69) is 5.16 Å². The van der Waals surface area contributed by atoms with Crippen LogP contribution in [0.1, 0.15) is 0 Å². The number of hydrogen-bond donors (Lipinski definition) is 2. The van der Waals surface area contributed by atoms with E-state index in [1.165, 1.54) is 0 Å². The number of nitrogens with one attached hydrogen (secondary N) is 1. The van der Waals surface area contributed by atoms with Crippen molar-refractivity contribution in [3.05, 3.63) is 28.6 Å². The van der Waals surface area contributed by atoms with Crippen LogP contribution in [0.25, 0.3) is 11.0 Å². The van der Waals surface area contributed by atoms with E-state index in [1.807, 2.05) is 0 Å². The Kier molecular flexibility index (Phi) is 1.03. The second-order valence-electron chi connectivity index (χ2n) is 2.29. The molecule has 0 fully saturated rings. The smallest absolute Gasteiger partial charge is 0.287 e. The van der Waals surface area contributed by atoms with E-state index in [9.17, 15) is 4.79 Å². The molecule has 0 unspecified atom stereocenters. The van der Waals surface area contributed by atoms with Crippen LogP contribution in [0, 0.1) is 0 Å². The second-order valence-corrected chi connectivity index (χ2v) is 2.29. The van der Waals surface area contributed by atoms with Crippen molar-refractivity contribution in [1.82, 2.24) is 5.16 Å². The van der Waals surface area contributed by atoms with Crippen LogP contribution in [0.3, 0.4) is 0 Å². The molecule has 2 aromatic rings. The van der Waals surface area contributed by atoms with Gasteiger partial charge >= 0.3 is 0 Å². The number of aromatic nitrogens is 1. The van der Waals surface area contributed by atoms with Crippen molar-refractivity contribution in [2.24, 2.45) is 0 Å². The van der Waals surface area contributed by atoms with E-state index in [0.717, 1.165) is 0 Å². The fourth-order valence-corrected chi connectivity index (χ4v) is 0.970. The lowest BCUT2D eigenvalue weighted by atomic mass is 10.2. The predicted molar refractivity (Wildman–Crippen MR) is 41.2 cm³/mol. The Morgan fingerprint density at radius 1 is 1.45 bits per heavy atom. The molecule has 4 nitrogen and oxygen atoms in total. The maximum absolute atomic E-state index is 10.9. The fraction of sp³-hybridized carbons (Fsp3) is 0. The van der Waals surface area contributed by atoms with Crippen molar-refractivity contribution < 1.29 is 4.52 Å². The molecule has 2 rings (SSSR count). The van der Waals surface area contributed by atoms with Gasteiger partial charge in [0.2, 0.25) is 0 Å². The molecule has 0 aliphatic rings. The first-order valence-corrected chi connectivity index (χ1v) is 3.14. The lowest BCUT2D eigenvalue weighted by Crippen LogP contribution is -1.96. The summed E-state index contributed by atoms with van der Waals surface area (Å²) in [5.41, 5.74) is 6.31. The number of aromatic amines is 1. The summed E-state index contributed by atoms with van der Waals surface area (Å²) in [5, 5.41) is 2.71. The number of nitrogen functional groups attached to an aromatic ring is 1. The minimum atomic E-state index is -0.243. The summed E-state index contributed by atoms with van der Waals surface area (Å²) < 4.78 is 4.81. The lowest BCUT2D eigenvalue weighted by Gasteiger charge is -1.87. The van der Waals surface area contributed by atoms with Crippen molar-refractivity contribution >= 4 is 16.7 Å². The number of nitrogens with two attached hydrogens (primary N) is 1. The van der Waals surface area contributed by atoms with Gasteiger partial charge in [-0.05, 0) is 18.2 Å². The summed E-state index contributed by atoms with van der Waals surface area (Å²) in [6.45, 7) is 0. The maximum Gasteiger partial charge on any atom is 0.287 e. The van der Waals surface area contributed by atoms with Gasteiger partial charge in [-0.25, -0.2) is 0 Å². The van der Waals surface area contributed by atoms with Gasteiger partial charge in [0.25, 0.3) is 5.56 Å². The topological polar surface area (TPSA) is 72.0 Å². The Bertz CT molecular complexity index is 441. The molecule has 4 heteroatoms. The van der Waals surface area contributed by atoms with E-state index >= 15 is 0 Å². The standard InChI is InChI=1S/C7H6N2O2/c8-4-1-2-6-5(3-4)7(10)9-11-6/h1-3H,8H2,(H,9,10). The van der Waals surface area contributed by atoms with Crippen LogP contribution in [-0.4, -0.2) is 5.16 Å². The van der Waals surface area contributed by atoms with Gasteiger partial charge in [0.05, 0.1) is 5.39 Å². The van der Waals surface area contributed by atoms with Crippen LogP contribution >= 0.6 is 0 Å². The molecular formula is C7H6N2O2. The molecule has 0 saturated heterocycles. The van der Waals surface area contributed by atoms with E-state index in [1.54, 1.807) is 18.2 Å². The van der Waals surface area contributed by atoms with Crippen LogP contribution in [0.4, 0.5) is 5.69 Å². The molecule has 0 spiro atoms. The highest BCUT2D eigenvalue weighted by molar-refractivity contribution is 5.79. The number of anilines is 1. The first-order valence-electron chi connectivity index (χ1n) is 3.14. The summed E-state index contributed by atoms with van der Waals surface area (Å²) in [6, 6.07) is 4.92. The van der Waals surface area contributed by atoms with Crippen molar-refractivity contribution in [2.75, 3.05) is 5.73 Å². The molecule has 1 heterocycles. The van der Waals surface area contributed by atoms with Crippen LogP contribution in [-0.2, 0) is 0 Å². The molecule has 11 heavy (non-hydrogen) atoms. The van der Waals surface area contributed by atoms with Crippen molar-refractivity contribution in [3.8, 4) is 0 Å². The van der Waals surface area contributed by atoms with Crippen LogP contribution in [0.15, 0.2) is 27.5 Å². The van der Waals surface area contributed by atoms with Crippen LogP contribution < -0.4 is 11.3 Å². The Morgan fingerprint density at radius 3 is 3.09 bits per heavy atom. The fourth-order valence-electron chi connectivity index (χ4n) is 0.970. The molecular weight excluding hydrogens is 144 g/mol. The SMILES string of the molecule is Nc1ccc2o[nH]c(=O)c2c1. The normalized spacial score (nSPS) is 10.5. The van der Waals surface area contributed by atoms with Gasteiger partial charge in [0.1, 0.15) is 0 Å². The first-order chi connectivity index (χ1) is 5.27. The summed E-state index contributed by atoms with van der Waals surface area (Å²) in [7, 11) is 0. The zero-order valence-electron chi connectivity index (χ0n) is 5.63. The van der Waals surface area contributed by atoms with Gasteiger partial charge in [0.15, 0.2) is 5.58 Å². The van der Waals surface area contributed by atoms with Crippen molar-refractivity contribution in [1.29, 1.82) is 0 Å². The Hall–Kier alpha value is -1.71. The first kappa shape index (κ1) is 6.03. The highest BCUT2D eigenvalue weighted by atomic mass is 16.5. The van der Waals surface area contributed by atoms with Crippen molar-refractivity contribution in [3.63, 3.8) is 0 Å². The lowest BCUT2D eigenvalue weighted by molar-refractivity contribution is 0.449. The summed E-state index contributed by atoms with van der Waals surface area (Å²) in [5.74, 6) is 0. The number of benzene rings is 1. The van der Waals surface area contributed by atoms with Gasteiger partial charge in [-0.3, -0.25) is 4.79 Å². The third kappa shape index (κ3) is 0.797. The van der Waals surface area contributed by atoms with Gasteiger partial charge in [0, 0.05) is 5.69 Å². The molecule has 0 saturated carbocycles. The molecule has 56 valence electrons. The summed E-state index contributed by atoms with van der Waals surface area (Å²) in [4.78, 5) is 10.9. The quantitative estimate of drug-likeness (QED) is 0.543. The van der Waals surface area contributed by atoms with Crippen LogP contribution in [0.5, 0.6) is 0 Å². The highest BCUT2D eigenvalue weighted by Gasteiger charge is 2.01. The molecule has 0 bridgehead atoms. The highest BCUT2D eigenvalue weighted by Crippen LogP contribution is 2.12. The Morgan fingerprint density at radius 2 is 2.27 bits per heavy atom. The zero-order chi connectivity index (χ0) is 7.84. The zero-order valence-corrected chi connectivity index (χ0v) is 5.63. The average Bonchev–Trinajstić information content (AvgIpc) is 2.33. The number of H-pyrrole nitrogens is 1. The minimum Gasteiger partial charge on any atom is -0.399 e. The molecule has 0 amide bonds. The predicted octanol–water partition coefficient (Wildman–Crippen LogP) is 0.703. The van der Waals surface area contributed by atoms with E-state index in [-0.39, 0.29) is 5.56 Å². The van der Waals surface area contributed by atoms with Gasteiger partial charge in [-0.15, -0.1) is 0 Å². The third-order valence-electron chi connectivity index (χ3n) is 1.50. The largest absolute Gasteiger partial charge is 0.399 e. The van der Waals surface area contributed by atoms with Gasteiger partial charge in [-0.1, -0.05) is 0 Å². The van der Waals surface area contributed by atoms with E-state index < -0.39 is 0 Å². The summed E-state index contributed by atoms with van der Waals surface area (Å²) >= 11 is 0. The molecule has 1 aromatic carbocycles. The average molecular weight is 150 g/mol. The second kappa shape index (κ2) is 1.88. The van der Waals surface area contributed by atoms with Crippen LogP contribution in [0.2, 0.25) is 0 Å². The maximum atomic E-state index is 10.9. The number of fused-ring (bicyclic) bond motifs is 1. The van der Waals surface area contributed by atoms with E-state index in [4.69, 9.17) is 10.3 Å². The van der Waals surface area contributed by atoms with Gasteiger partial charge < -0.3 is 10.3 Å². The minimum absolute atomic E-state index is 0.243. The number of hydrogen-bond acceptors (Lipinski definition) is 3. The molecule has 0 radical (unpaired) electrons.